The molecule has 0 aliphatic carbocycles. The maximum atomic E-state index is 9.77. The lowest BCUT2D eigenvalue weighted by atomic mass is 10.0. The molecule has 0 fully saturated rings. The van der Waals surface area contributed by atoms with Crippen molar-refractivity contribution in [1.29, 1.82) is 0 Å². The van der Waals surface area contributed by atoms with Gasteiger partial charge in [-0.15, -0.1) is 11.3 Å². The molecule has 0 amide bonds. The Morgan fingerprint density at radius 2 is 2.19 bits per heavy atom. The van der Waals surface area contributed by atoms with Gasteiger partial charge in [0.1, 0.15) is 11.5 Å². The fraction of sp³-hybridized carbons (Fsp3) is 0.167. The van der Waals surface area contributed by atoms with E-state index in [1.54, 1.807) is 36.6 Å². The minimum Gasteiger partial charge on any atom is -0.508 e. The fourth-order valence-corrected chi connectivity index (χ4v) is 2.28. The second-order valence-electron chi connectivity index (χ2n) is 3.42. The largest absolute Gasteiger partial charge is 0.508 e. The summed E-state index contributed by atoms with van der Waals surface area (Å²) < 4.78 is 5.11. The van der Waals surface area contributed by atoms with Crippen molar-refractivity contribution in [3.63, 3.8) is 0 Å². The quantitative estimate of drug-likeness (QED) is 0.859. The van der Waals surface area contributed by atoms with Gasteiger partial charge in [0.2, 0.25) is 0 Å². The van der Waals surface area contributed by atoms with Crippen LogP contribution < -0.4 is 10.5 Å². The molecule has 0 saturated carbocycles. The average Bonchev–Trinajstić information content (AvgIpc) is 2.82. The van der Waals surface area contributed by atoms with E-state index in [0.717, 1.165) is 4.88 Å². The SMILES string of the molecule is COc1ccc(O)c([C@@H](N)c2cccs2)c1. The molecule has 0 aliphatic rings. The summed E-state index contributed by atoms with van der Waals surface area (Å²) in [6, 6.07) is 8.65. The van der Waals surface area contributed by atoms with Crippen LogP contribution in [0.3, 0.4) is 0 Å². The highest BCUT2D eigenvalue weighted by atomic mass is 32.1. The monoisotopic (exact) mass is 235 g/mol. The molecular weight excluding hydrogens is 222 g/mol. The van der Waals surface area contributed by atoms with Crippen molar-refractivity contribution in [3.8, 4) is 11.5 Å². The van der Waals surface area contributed by atoms with Crippen LogP contribution in [0.1, 0.15) is 16.5 Å². The van der Waals surface area contributed by atoms with Crippen LogP contribution in [0.4, 0.5) is 0 Å². The molecule has 3 N–H and O–H groups in total. The number of nitrogens with two attached hydrogens (primary N) is 1. The molecular formula is C12H13NO2S. The summed E-state index contributed by atoms with van der Waals surface area (Å²) in [5.74, 6) is 0.890. The van der Waals surface area contributed by atoms with E-state index in [9.17, 15) is 5.11 Å². The van der Waals surface area contributed by atoms with Crippen molar-refractivity contribution < 1.29 is 9.84 Å². The van der Waals surface area contributed by atoms with Gasteiger partial charge in [-0.3, -0.25) is 0 Å². The lowest BCUT2D eigenvalue weighted by Gasteiger charge is -2.13. The second kappa shape index (κ2) is 4.55. The van der Waals surface area contributed by atoms with Gasteiger partial charge in [-0.25, -0.2) is 0 Å². The molecule has 84 valence electrons. The number of benzene rings is 1. The van der Waals surface area contributed by atoms with Crippen LogP contribution in [0.15, 0.2) is 35.7 Å². The molecule has 0 saturated heterocycles. The van der Waals surface area contributed by atoms with Crippen LogP contribution in [0, 0.1) is 0 Å². The number of ether oxygens (including phenoxy) is 1. The summed E-state index contributed by atoms with van der Waals surface area (Å²) in [5, 5.41) is 11.7. The van der Waals surface area contributed by atoms with Crippen LogP contribution in [0.25, 0.3) is 0 Å². The third-order valence-electron chi connectivity index (χ3n) is 2.42. The zero-order valence-electron chi connectivity index (χ0n) is 8.88. The van der Waals surface area contributed by atoms with E-state index in [-0.39, 0.29) is 11.8 Å². The molecule has 0 bridgehead atoms. The van der Waals surface area contributed by atoms with E-state index in [2.05, 4.69) is 0 Å². The van der Waals surface area contributed by atoms with Crippen molar-refractivity contribution in [2.45, 2.75) is 6.04 Å². The van der Waals surface area contributed by atoms with Gasteiger partial charge in [0.15, 0.2) is 0 Å². The first-order valence-electron chi connectivity index (χ1n) is 4.88. The maximum absolute atomic E-state index is 9.77. The summed E-state index contributed by atoms with van der Waals surface area (Å²) >= 11 is 1.57. The molecule has 2 rings (SSSR count). The molecule has 0 unspecified atom stereocenters. The van der Waals surface area contributed by atoms with E-state index in [0.29, 0.717) is 11.3 Å². The maximum Gasteiger partial charge on any atom is 0.120 e. The Labute approximate surface area is 98.1 Å². The van der Waals surface area contributed by atoms with Crippen molar-refractivity contribution in [1.82, 2.24) is 0 Å². The average molecular weight is 235 g/mol. The van der Waals surface area contributed by atoms with Crippen LogP contribution in [-0.2, 0) is 0 Å². The van der Waals surface area contributed by atoms with E-state index in [1.807, 2.05) is 17.5 Å². The number of aromatic hydroxyl groups is 1. The zero-order chi connectivity index (χ0) is 11.5. The van der Waals surface area contributed by atoms with E-state index in [4.69, 9.17) is 10.5 Å². The molecule has 1 atom stereocenters. The Kier molecular flexibility index (Phi) is 3.12. The lowest BCUT2D eigenvalue weighted by molar-refractivity contribution is 0.410. The van der Waals surface area contributed by atoms with E-state index < -0.39 is 0 Å². The third kappa shape index (κ3) is 2.03. The minimum atomic E-state index is -0.310. The van der Waals surface area contributed by atoms with Gasteiger partial charge in [0.25, 0.3) is 0 Å². The topological polar surface area (TPSA) is 55.5 Å². The molecule has 1 aromatic heterocycles. The zero-order valence-corrected chi connectivity index (χ0v) is 9.70. The first-order chi connectivity index (χ1) is 7.72. The van der Waals surface area contributed by atoms with Gasteiger partial charge < -0.3 is 15.6 Å². The number of phenolic OH excluding ortho intramolecular Hbond substituents is 1. The Morgan fingerprint density at radius 1 is 1.38 bits per heavy atom. The van der Waals surface area contributed by atoms with Crippen LogP contribution >= 0.6 is 11.3 Å². The van der Waals surface area contributed by atoms with Gasteiger partial charge in [-0.1, -0.05) is 6.07 Å². The van der Waals surface area contributed by atoms with E-state index in [1.165, 1.54) is 0 Å². The number of hydrogen-bond acceptors (Lipinski definition) is 4. The second-order valence-corrected chi connectivity index (χ2v) is 4.40. The molecule has 1 aromatic carbocycles. The number of rotatable bonds is 3. The third-order valence-corrected chi connectivity index (χ3v) is 3.37. The van der Waals surface area contributed by atoms with Crippen LogP contribution in [0.2, 0.25) is 0 Å². The van der Waals surface area contributed by atoms with Gasteiger partial charge in [-0.05, 0) is 29.6 Å². The van der Waals surface area contributed by atoms with Crippen LogP contribution in [0.5, 0.6) is 11.5 Å². The molecule has 0 radical (unpaired) electrons. The normalized spacial score (nSPS) is 12.4. The molecule has 3 nitrogen and oxygen atoms in total. The highest BCUT2D eigenvalue weighted by Crippen LogP contribution is 2.32. The first-order valence-corrected chi connectivity index (χ1v) is 5.76. The lowest BCUT2D eigenvalue weighted by Crippen LogP contribution is -2.10. The minimum absolute atomic E-state index is 0.196. The first kappa shape index (κ1) is 11.0. The predicted octanol–water partition coefficient (Wildman–Crippen LogP) is 2.51. The number of methoxy groups -OCH3 is 1. The Hall–Kier alpha value is -1.52. The molecule has 16 heavy (non-hydrogen) atoms. The molecule has 0 spiro atoms. The summed E-state index contributed by atoms with van der Waals surface area (Å²) in [5.41, 5.74) is 6.76. The van der Waals surface area contributed by atoms with Gasteiger partial charge >= 0.3 is 0 Å². The number of hydrogen-bond donors (Lipinski definition) is 2. The molecule has 1 heterocycles. The van der Waals surface area contributed by atoms with Gasteiger partial charge in [-0.2, -0.15) is 0 Å². The Balaban J connectivity index is 2.39. The van der Waals surface area contributed by atoms with Gasteiger partial charge in [0, 0.05) is 10.4 Å². The summed E-state index contributed by atoms with van der Waals surface area (Å²) in [6.07, 6.45) is 0. The summed E-state index contributed by atoms with van der Waals surface area (Å²) in [7, 11) is 1.59. The summed E-state index contributed by atoms with van der Waals surface area (Å²) in [4.78, 5) is 1.02. The Morgan fingerprint density at radius 3 is 2.81 bits per heavy atom. The Bertz CT molecular complexity index is 468. The molecule has 2 aromatic rings. The molecule has 0 aliphatic heterocycles. The van der Waals surface area contributed by atoms with Crippen molar-refractivity contribution in [2.24, 2.45) is 5.73 Å². The highest BCUT2D eigenvalue weighted by Gasteiger charge is 2.14. The van der Waals surface area contributed by atoms with Crippen molar-refractivity contribution >= 4 is 11.3 Å². The van der Waals surface area contributed by atoms with Crippen molar-refractivity contribution in [2.75, 3.05) is 7.11 Å². The molecule has 4 heteroatoms. The fourth-order valence-electron chi connectivity index (χ4n) is 1.53. The van der Waals surface area contributed by atoms with Crippen molar-refractivity contribution in [3.05, 3.63) is 46.2 Å². The van der Waals surface area contributed by atoms with Crippen LogP contribution in [-0.4, -0.2) is 12.2 Å². The standard InChI is InChI=1S/C12H13NO2S/c1-15-8-4-5-10(14)9(7-8)12(13)11-3-2-6-16-11/h2-7,12,14H,13H2,1H3/t12-/m1/s1. The number of phenols is 1. The number of thiophene rings is 1. The smallest absolute Gasteiger partial charge is 0.120 e. The highest BCUT2D eigenvalue weighted by molar-refractivity contribution is 7.10. The summed E-state index contributed by atoms with van der Waals surface area (Å²) in [6.45, 7) is 0. The van der Waals surface area contributed by atoms with Gasteiger partial charge in [0.05, 0.1) is 13.2 Å². The van der Waals surface area contributed by atoms with E-state index >= 15 is 0 Å². The predicted molar refractivity (Wildman–Crippen MR) is 65.0 cm³/mol.